The molecule has 3 heterocycles. The van der Waals surface area contributed by atoms with Crippen LogP contribution in [0.15, 0.2) is 11.1 Å². The molecule has 3 rings (SSSR count). The number of fused-ring (bicyclic) bond motifs is 1. The molecule has 0 radical (unpaired) electrons. The summed E-state index contributed by atoms with van der Waals surface area (Å²) in [7, 11) is 0. The fourth-order valence-corrected chi connectivity index (χ4v) is 3.63. The van der Waals surface area contributed by atoms with Crippen LogP contribution in [-0.2, 0) is 23.8 Å². The summed E-state index contributed by atoms with van der Waals surface area (Å²) < 4.78 is 16.2. The highest BCUT2D eigenvalue weighted by molar-refractivity contribution is 5.97. The number of carboxylic acids is 1. The number of nitrogens with one attached hydrogen (secondary N) is 4. The molecule has 16 nitrogen and oxygen atoms in total. The SMILES string of the molecule is C[C@H](CCC(=O)O[C@H](C)[C@H](NC(=O)Nc1ncnc2[nH]c(=O)[nH]c12)C(=O)O)O[C@@H]1O[C@@H](C)[C@H](O)C[C@H]1O. The Morgan fingerprint density at radius 2 is 1.95 bits per heavy atom. The lowest BCUT2D eigenvalue weighted by atomic mass is 10.0. The summed E-state index contributed by atoms with van der Waals surface area (Å²) in [6, 6.07) is -2.57. The number of carbonyl (C=O) groups is 3. The number of rotatable bonds is 10. The number of nitrogens with zero attached hydrogens (tertiary/aromatic N) is 2. The lowest BCUT2D eigenvalue weighted by molar-refractivity contribution is -0.273. The molecule has 7 atom stereocenters. The van der Waals surface area contributed by atoms with Crippen molar-refractivity contribution in [2.24, 2.45) is 0 Å². The molecule has 204 valence electrons. The number of carbonyl (C=O) groups excluding carboxylic acids is 2. The van der Waals surface area contributed by atoms with Crippen LogP contribution in [0.5, 0.6) is 0 Å². The first-order chi connectivity index (χ1) is 17.4. The second-order valence-corrected chi connectivity index (χ2v) is 8.70. The summed E-state index contributed by atoms with van der Waals surface area (Å²) in [6.07, 6.45) is -3.83. The van der Waals surface area contributed by atoms with Crippen molar-refractivity contribution in [2.45, 2.75) is 82.9 Å². The van der Waals surface area contributed by atoms with Crippen molar-refractivity contribution in [1.82, 2.24) is 25.3 Å². The van der Waals surface area contributed by atoms with Gasteiger partial charge in [-0.25, -0.2) is 24.4 Å². The Hall–Kier alpha value is -3.60. The average Bonchev–Trinajstić information content (AvgIpc) is 3.20. The monoisotopic (exact) mass is 526 g/mol. The smallest absolute Gasteiger partial charge is 0.330 e. The standard InChI is InChI=1S/C21H30N6O10/c1-8(35-19-12(29)6-11(28)9(2)37-19)4-5-13(30)36-10(3)14(18(31)32)24-20(33)26-16-15-17(23-7-22-16)27-21(34)25-15/h7-12,14,19,28-29H,4-6H2,1-3H3,(H,31,32)(H4,22,23,24,25,26,27,33,34)/t8-,9+,10-,11-,12-,14+,19-/m1/s1. The van der Waals surface area contributed by atoms with Crippen LogP contribution in [0, 0.1) is 0 Å². The Morgan fingerprint density at radius 1 is 1.22 bits per heavy atom. The van der Waals surface area contributed by atoms with Gasteiger partial charge < -0.3 is 39.8 Å². The molecule has 0 spiro atoms. The number of aliphatic carboxylic acids is 1. The number of amides is 2. The van der Waals surface area contributed by atoms with E-state index < -0.39 is 66.5 Å². The van der Waals surface area contributed by atoms with Gasteiger partial charge in [-0.05, 0) is 27.2 Å². The molecular weight excluding hydrogens is 496 g/mol. The zero-order valence-corrected chi connectivity index (χ0v) is 20.3. The van der Waals surface area contributed by atoms with E-state index in [1.54, 1.807) is 13.8 Å². The first-order valence-corrected chi connectivity index (χ1v) is 11.5. The highest BCUT2D eigenvalue weighted by atomic mass is 16.7. The van der Waals surface area contributed by atoms with E-state index >= 15 is 0 Å². The summed E-state index contributed by atoms with van der Waals surface area (Å²) in [5.41, 5.74) is -0.317. The number of aliphatic hydroxyl groups excluding tert-OH is 2. The Balaban J connectivity index is 1.49. The van der Waals surface area contributed by atoms with Crippen molar-refractivity contribution in [3.63, 3.8) is 0 Å². The largest absolute Gasteiger partial charge is 0.480 e. The fraction of sp³-hybridized carbons (Fsp3) is 0.619. The van der Waals surface area contributed by atoms with Gasteiger partial charge in [0.15, 0.2) is 23.8 Å². The van der Waals surface area contributed by atoms with E-state index in [0.717, 1.165) is 6.33 Å². The van der Waals surface area contributed by atoms with Gasteiger partial charge in [0.05, 0.1) is 18.3 Å². The number of carboxylic acid groups (broad SMARTS) is 1. The lowest BCUT2D eigenvalue weighted by Crippen LogP contribution is -2.50. The lowest BCUT2D eigenvalue weighted by Gasteiger charge is -2.36. The van der Waals surface area contributed by atoms with Gasteiger partial charge in [0.2, 0.25) is 0 Å². The molecule has 1 aliphatic rings. The number of imidazole rings is 1. The summed E-state index contributed by atoms with van der Waals surface area (Å²) in [5.74, 6) is -2.25. The zero-order valence-electron chi connectivity index (χ0n) is 20.3. The minimum Gasteiger partial charge on any atom is -0.480 e. The summed E-state index contributed by atoms with van der Waals surface area (Å²) in [6.45, 7) is 4.62. The van der Waals surface area contributed by atoms with Gasteiger partial charge in [-0.3, -0.25) is 15.1 Å². The molecule has 2 aromatic heterocycles. The molecule has 2 amide bonds. The summed E-state index contributed by atoms with van der Waals surface area (Å²) in [5, 5.41) is 33.8. The Morgan fingerprint density at radius 3 is 2.65 bits per heavy atom. The van der Waals surface area contributed by atoms with Gasteiger partial charge in [-0.15, -0.1) is 0 Å². The third-order valence-electron chi connectivity index (χ3n) is 5.70. The quantitative estimate of drug-likeness (QED) is 0.188. The van der Waals surface area contributed by atoms with E-state index in [-0.39, 0.29) is 36.2 Å². The van der Waals surface area contributed by atoms with Crippen molar-refractivity contribution in [3.05, 3.63) is 16.8 Å². The third kappa shape index (κ3) is 7.45. The molecule has 0 unspecified atom stereocenters. The molecular formula is C21H30N6O10. The molecule has 1 fully saturated rings. The number of esters is 1. The maximum absolute atomic E-state index is 12.4. The molecule has 0 aliphatic carbocycles. The molecule has 2 aromatic rings. The topological polar surface area (TPSA) is 238 Å². The normalized spacial score (nSPS) is 24.1. The third-order valence-corrected chi connectivity index (χ3v) is 5.70. The van der Waals surface area contributed by atoms with E-state index in [9.17, 15) is 34.5 Å². The predicted molar refractivity (Wildman–Crippen MR) is 124 cm³/mol. The van der Waals surface area contributed by atoms with Crippen LogP contribution in [0.3, 0.4) is 0 Å². The Bertz CT molecular complexity index is 1170. The van der Waals surface area contributed by atoms with Gasteiger partial charge in [0, 0.05) is 12.8 Å². The van der Waals surface area contributed by atoms with Gasteiger partial charge in [-0.1, -0.05) is 0 Å². The van der Waals surface area contributed by atoms with Crippen LogP contribution in [0.2, 0.25) is 0 Å². The van der Waals surface area contributed by atoms with Crippen molar-refractivity contribution in [3.8, 4) is 0 Å². The van der Waals surface area contributed by atoms with Crippen molar-refractivity contribution in [2.75, 3.05) is 5.32 Å². The van der Waals surface area contributed by atoms with Crippen LogP contribution in [0.4, 0.5) is 10.6 Å². The Labute approximate surface area is 209 Å². The highest BCUT2D eigenvalue weighted by Gasteiger charge is 2.35. The van der Waals surface area contributed by atoms with Gasteiger partial charge in [-0.2, -0.15) is 0 Å². The van der Waals surface area contributed by atoms with E-state index in [4.69, 9.17) is 14.2 Å². The maximum atomic E-state index is 12.4. The van der Waals surface area contributed by atoms with Crippen LogP contribution < -0.4 is 16.3 Å². The van der Waals surface area contributed by atoms with Gasteiger partial charge >= 0.3 is 23.7 Å². The van der Waals surface area contributed by atoms with Crippen molar-refractivity contribution < 1.29 is 43.9 Å². The van der Waals surface area contributed by atoms with E-state index in [0.29, 0.717) is 0 Å². The van der Waals surface area contributed by atoms with Crippen LogP contribution in [0.25, 0.3) is 11.2 Å². The second-order valence-electron chi connectivity index (χ2n) is 8.70. The number of ether oxygens (including phenoxy) is 3. The zero-order chi connectivity index (χ0) is 27.3. The van der Waals surface area contributed by atoms with Crippen molar-refractivity contribution in [1.29, 1.82) is 0 Å². The molecule has 0 aromatic carbocycles. The molecule has 37 heavy (non-hydrogen) atoms. The Kier molecular flexibility index (Phi) is 9.14. The second kappa shape index (κ2) is 12.1. The van der Waals surface area contributed by atoms with Crippen LogP contribution in [0.1, 0.15) is 40.0 Å². The summed E-state index contributed by atoms with van der Waals surface area (Å²) >= 11 is 0. The number of anilines is 1. The van der Waals surface area contributed by atoms with Crippen molar-refractivity contribution >= 4 is 35.0 Å². The number of H-pyrrole nitrogens is 2. The molecule has 0 bridgehead atoms. The van der Waals surface area contributed by atoms with Crippen LogP contribution in [-0.4, -0.2) is 96.1 Å². The highest BCUT2D eigenvalue weighted by Crippen LogP contribution is 2.23. The molecule has 1 saturated heterocycles. The first-order valence-electron chi connectivity index (χ1n) is 11.5. The molecule has 16 heteroatoms. The number of urea groups is 1. The fourth-order valence-electron chi connectivity index (χ4n) is 3.63. The predicted octanol–water partition coefficient (Wildman–Crippen LogP) is -0.805. The average molecular weight is 527 g/mol. The minimum atomic E-state index is -1.60. The molecule has 1 aliphatic heterocycles. The number of aliphatic hydroxyl groups is 2. The first kappa shape index (κ1) is 28.0. The van der Waals surface area contributed by atoms with Crippen LogP contribution >= 0.6 is 0 Å². The van der Waals surface area contributed by atoms with Gasteiger partial charge in [0.1, 0.15) is 24.1 Å². The van der Waals surface area contributed by atoms with E-state index in [2.05, 4.69) is 30.6 Å². The number of aromatic nitrogens is 4. The molecule has 0 saturated carbocycles. The number of hydrogen-bond acceptors (Lipinski definition) is 11. The summed E-state index contributed by atoms with van der Waals surface area (Å²) in [4.78, 5) is 60.3. The van der Waals surface area contributed by atoms with E-state index in [1.807, 2.05) is 0 Å². The van der Waals surface area contributed by atoms with E-state index in [1.165, 1.54) is 6.92 Å². The number of hydrogen-bond donors (Lipinski definition) is 7. The minimum absolute atomic E-state index is 0.0698. The number of aromatic amines is 2. The van der Waals surface area contributed by atoms with Gasteiger partial charge in [0.25, 0.3) is 0 Å². The molecule has 7 N–H and O–H groups in total. The maximum Gasteiger partial charge on any atom is 0.330 e.